The molecule has 0 aliphatic heterocycles. The molecule has 0 aliphatic rings. The van der Waals surface area contributed by atoms with Crippen LogP contribution in [0.1, 0.15) is 23.0 Å². The summed E-state index contributed by atoms with van der Waals surface area (Å²) in [5.41, 5.74) is 2.17. The van der Waals surface area contributed by atoms with Crippen molar-refractivity contribution < 1.29 is 4.79 Å². The lowest BCUT2D eigenvalue weighted by Crippen LogP contribution is -2.32. The second-order valence-electron chi connectivity index (χ2n) is 4.61. The van der Waals surface area contributed by atoms with Gasteiger partial charge in [-0.05, 0) is 37.6 Å². The minimum Gasteiger partial charge on any atom is -0.373 e. The van der Waals surface area contributed by atoms with Gasteiger partial charge in [0.2, 0.25) is 0 Å². The van der Waals surface area contributed by atoms with Gasteiger partial charge >= 0.3 is 0 Å². The molecule has 0 radical (unpaired) electrons. The van der Waals surface area contributed by atoms with Crippen LogP contribution in [0.4, 0.5) is 11.5 Å². The van der Waals surface area contributed by atoms with Crippen LogP contribution in [0.3, 0.4) is 0 Å². The Balaban J connectivity index is 2.44. The van der Waals surface area contributed by atoms with E-state index in [2.05, 4.69) is 10.3 Å². The van der Waals surface area contributed by atoms with Crippen LogP contribution in [-0.4, -0.2) is 24.5 Å². The summed E-state index contributed by atoms with van der Waals surface area (Å²) in [7, 11) is 1.75. The second kappa shape index (κ2) is 6.59. The Morgan fingerprint density at radius 1 is 1.29 bits per heavy atom. The van der Waals surface area contributed by atoms with E-state index in [1.165, 1.54) is 0 Å². The lowest BCUT2D eigenvalue weighted by atomic mass is 10.1. The number of nitrogens with one attached hydrogen (secondary N) is 1. The maximum Gasteiger partial charge on any atom is 0.278 e. The molecule has 1 aromatic carbocycles. The van der Waals surface area contributed by atoms with Crippen LogP contribution in [0, 0.1) is 6.92 Å². The average Bonchev–Trinajstić information content (AvgIpc) is 2.50. The third-order valence-electron chi connectivity index (χ3n) is 3.27. The SMILES string of the molecule is CCN(C(=O)c1nc(NC)ccc1Cl)c1ccccc1C. The quantitative estimate of drug-likeness (QED) is 0.935. The maximum absolute atomic E-state index is 12.8. The molecule has 0 atom stereocenters. The molecule has 1 amide bonds. The summed E-state index contributed by atoms with van der Waals surface area (Å²) < 4.78 is 0. The van der Waals surface area contributed by atoms with Crippen LogP contribution in [0.5, 0.6) is 0 Å². The molecule has 1 aromatic heterocycles. The fourth-order valence-corrected chi connectivity index (χ4v) is 2.33. The molecule has 110 valence electrons. The standard InChI is InChI=1S/C16H18ClN3O/c1-4-20(13-8-6-5-7-11(13)2)16(21)15-12(17)9-10-14(18-3)19-15/h5-10H,4H2,1-3H3,(H,18,19). The Bertz CT molecular complexity index is 658. The first-order valence-corrected chi connectivity index (χ1v) is 7.18. The third-order valence-corrected chi connectivity index (χ3v) is 3.58. The first-order chi connectivity index (χ1) is 10.1. The van der Waals surface area contributed by atoms with Gasteiger partial charge in [0.25, 0.3) is 5.91 Å². The number of benzene rings is 1. The lowest BCUT2D eigenvalue weighted by molar-refractivity contribution is 0.0983. The molecule has 2 rings (SSSR count). The number of carbonyl (C=O) groups is 1. The summed E-state index contributed by atoms with van der Waals surface area (Å²) in [5.74, 6) is 0.414. The molecule has 0 bridgehead atoms. The number of amides is 1. The zero-order chi connectivity index (χ0) is 15.4. The number of anilines is 2. The van der Waals surface area contributed by atoms with E-state index in [0.29, 0.717) is 17.4 Å². The highest BCUT2D eigenvalue weighted by molar-refractivity contribution is 6.34. The molecule has 1 N–H and O–H groups in total. The maximum atomic E-state index is 12.8. The van der Waals surface area contributed by atoms with E-state index < -0.39 is 0 Å². The van der Waals surface area contributed by atoms with E-state index in [-0.39, 0.29) is 11.6 Å². The van der Waals surface area contributed by atoms with Crippen LogP contribution in [0.2, 0.25) is 5.02 Å². The Morgan fingerprint density at radius 2 is 2.00 bits per heavy atom. The van der Waals surface area contributed by atoms with Crippen molar-refractivity contribution in [2.24, 2.45) is 0 Å². The molecule has 0 spiro atoms. The van der Waals surface area contributed by atoms with Gasteiger partial charge < -0.3 is 10.2 Å². The highest BCUT2D eigenvalue weighted by Crippen LogP contribution is 2.24. The van der Waals surface area contributed by atoms with Crippen molar-refractivity contribution in [2.45, 2.75) is 13.8 Å². The Labute approximate surface area is 129 Å². The van der Waals surface area contributed by atoms with Crippen molar-refractivity contribution in [1.82, 2.24) is 4.98 Å². The summed E-state index contributed by atoms with van der Waals surface area (Å²) in [5, 5.41) is 3.27. The smallest absolute Gasteiger partial charge is 0.278 e. The molecule has 1 heterocycles. The summed E-state index contributed by atoms with van der Waals surface area (Å²) in [6.07, 6.45) is 0. The minimum absolute atomic E-state index is 0.200. The first kappa shape index (κ1) is 15.3. The number of hydrogen-bond acceptors (Lipinski definition) is 3. The van der Waals surface area contributed by atoms with E-state index in [4.69, 9.17) is 11.6 Å². The van der Waals surface area contributed by atoms with Gasteiger partial charge in [-0.2, -0.15) is 0 Å². The molecule has 21 heavy (non-hydrogen) atoms. The lowest BCUT2D eigenvalue weighted by Gasteiger charge is -2.23. The first-order valence-electron chi connectivity index (χ1n) is 6.80. The number of para-hydroxylation sites is 1. The fraction of sp³-hybridized carbons (Fsp3) is 0.250. The zero-order valence-corrected chi connectivity index (χ0v) is 13.1. The molecule has 5 heteroatoms. The van der Waals surface area contributed by atoms with E-state index in [9.17, 15) is 4.79 Å². The van der Waals surface area contributed by atoms with Gasteiger partial charge in [-0.3, -0.25) is 4.79 Å². The van der Waals surface area contributed by atoms with Crippen LogP contribution < -0.4 is 10.2 Å². The Hall–Kier alpha value is -2.07. The second-order valence-corrected chi connectivity index (χ2v) is 5.02. The molecule has 0 saturated heterocycles. The van der Waals surface area contributed by atoms with Crippen LogP contribution in [0.25, 0.3) is 0 Å². The van der Waals surface area contributed by atoms with Crippen molar-refractivity contribution in [3.05, 3.63) is 52.7 Å². The zero-order valence-electron chi connectivity index (χ0n) is 12.4. The van der Waals surface area contributed by atoms with Crippen molar-refractivity contribution in [3.8, 4) is 0 Å². The molecular weight excluding hydrogens is 286 g/mol. The number of carbonyl (C=O) groups excluding carboxylic acids is 1. The molecule has 2 aromatic rings. The summed E-state index contributed by atoms with van der Waals surface area (Å²) in [6.45, 7) is 4.45. The molecule has 0 fully saturated rings. The summed E-state index contributed by atoms with van der Waals surface area (Å²) >= 11 is 6.14. The van der Waals surface area contributed by atoms with E-state index in [1.807, 2.05) is 38.1 Å². The van der Waals surface area contributed by atoms with Crippen molar-refractivity contribution in [3.63, 3.8) is 0 Å². The monoisotopic (exact) mass is 303 g/mol. The van der Waals surface area contributed by atoms with Crippen LogP contribution in [0.15, 0.2) is 36.4 Å². The predicted octanol–water partition coefficient (Wildman–Crippen LogP) is 3.75. The van der Waals surface area contributed by atoms with Crippen molar-refractivity contribution in [2.75, 3.05) is 23.8 Å². The van der Waals surface area contributed by atoms with Crippen LogP contribution >= 0.6 is 11.6 Å². The number of halogens is 1. The number of aryl methyl sites for hydroxylation is 1. The van der Waals surface area contributed by atoms with Crippen molar-refractivity contribution >= 4 is 29.0 Å². The molecular formula is C16H18ClN3O. The van der Waals surface area contributed by atoms with Gasteiger partial charge in [0.15, 0.2) is 0 Å². The fourth-order valence-electron chi connectivity index (χ4n) is 2.15. The Kier molecular flexibility index (Phi) is 4.81. The van der Waals surface area contributed by atoms with Gasteiger partial charge in [-0.25, -0.2) is 4.98 Å². The van der Waals surface area contributed by atoms with E-state index in [0.717, 1.165) is 11.3 Å². The van der Waals surface area contributed by atoms with Gasteiger partial charge in [0.05, 0.1) is 5.02 Å². The number of hydrogen-bond donors (Lipinski definition) is 1. The molecule has 4 nitrogen and oxygen atoms in total. The summed E-state index contributed by atoms with van der Waals surface area (Å²) in [6, 6.07) is 11.2. The molecule has 0 unspecified atom stereocenters. The van der Waals surface area contributed by atoms with Crippen molar-refractivity contribution in [1.29, 1.82) is 0 Å². The van der Waals surface area contributed by atoms with Gasteiger partial charge in [-0.15, -0.1) is 0 Å². The largest absolute Gasteiger partial charge is 0.373 e. The Morgan fingerprint density at radius 3 is 2.62 bits per heavy atom. The summed E-state index contributed by atoms with van der Waals surface area (Å²) in [4.78, 5) is 18.7. The topological polar surface area (TPSA) is 45.2 Å². The van der Waals surface area contributed by atoms with E-state index in [1.54, 1.807) is 24.1 Å². The molecule has 0 aliphatic carbocycles. The van der Waals surface area contributed by atoms with E-state index >= 15 is 0 Å². The molecule has 0 saturated carbocycles. The third kappa shape index (κ3) is 3.16. The highest BCUT2D eigenvalue weighted by atomic mass is 35.5. The predicted molar refractivity (Wildman–Crippen MR) is 87.3 cm³/mol. The van der Waals surface area contributed by atoms with Gasteiger partial charge in [0, 0.05) is 19.3 Å². The number of nitrogens with zero attached hydrogens (tertiary/aromatic N) is 2. The normalized spacial score (nSPS) is 10.3. The minimum atomic E-state index is -0.200. The van der Waals surface area contributed by atoms with Gasteiger partial charge in [0.1, 0.15) is 11.5 Å². The highest BCUT2D eigenvalue weighted by Gasteiger charge is 2.21. The number of rotatable bonds is 4. The van der Waals surface area contributed by atoms with Gasteiger partial charge in [-0.1, -0.05) is 29.8 Å². The van der Waals surface area contributed by atoms with Crippen LogP contribution in [-0.2, 0) is 0 Å². The number of pyridine rings is 1. The average molecular weight is 304 g/mol. The number of aromatic nitrogens is 1.